The largest absolute Gasteiger partial charge is 0.493 e. The summed E-state index contributed by atoms with van der Waals surface area (Å²) in [5.41, 5.74) is 6.63. The lowest BCUT2D eigenvalue weighted by atomic mass is 10.3. The molecule has 5 heteroatoms. The standard InChI is InChI=1S/C13H17N3O2/c14-13-10-11(15-16(13)7-8-17)6-9-18-12-4-2-1-3-5-12/h1-5,10,17H,6-9,14H2. The van der Waals surface area contributed by atoms with Crippen LogP contribution in [0.3, 0.4) is 0 Å². The summed E-state index contributed by atoms with van der Waals surface area (Å²) in [5.74, 6) is 1.42. The van der Waals surface area contributed by atoms with Crippen LogP contribution in [0.15, 0.2) is 36.4 Å². The van der Waals surface area contributed by atoms with Crippen LogP contribution in [0, 0.1) is 0 Å². The van der Waals surface area contributed by atoms with Gasteiger partial charge in [-0.25, -0.2) is 4.68 Å². The molecule has 0 saturated heterocycles. The Morgan fingerprint density at radius 1 is 1.28 bits per heavy atom. The zero-order valence-corrected chi connectivity index (χ0v) is 10.1. The van der Waals surface area contributed by atoms with Crippen LogP contribution in [0.5, 0.6) is 5.75 Å². The van der Waals surface area contributed by atoms with E-state index in [0.717, 1.165) is 11.4 Å². The molecule has 0 radical (unpaired) electrons. The summed E-state index contributed by atoms with van der Waals surface area (Å²) in [6.07, 6.45) is 0.692. The third-order valence-corrected chi connectivity index (χ3v) is 2.54. The maximum atomic E-state index is 8.84. The third kappa shape index (κ3) is 3.24. The first-order chi connectivity index (χ1) is 8.79. The number of nitrogen functional groups attached to an aromatic ring is 1. The van der Waals surface area contributed by atoms with Crippen LogP contribution >= 0.6 is 0 Å². The van der Waals surface area contributed by atoms with Crippen molar-refractivity contribution in [3.05, 3.63) is 42.1 Å². The summed E-state index contributed by atoms with van der Waals surface area (Å²) in [5, 5.41) is 13.1. The Balaban J connectivity index is 1.85. The Kier molecular flexibility index (Phi) is 4.20. The lowest BCUT2D eigenvalue weighted by Gasteiger charge is -2.03. The van der Waals surface area contributed by atoms with Crippen molar-refractivity contribution in [2.45, 2.75) is 13.0 Å². The van der Waals surface area contributed by atoms with Gasteiger partial charge in [0.1, 0.15) is 11.6 Å². The van der Waals surface area contributed by atoms with Gasteiger partial charge < -0.3 is 15.6 Å². The molecule has 0 saturated carbocycles. The van der Waals surface area contributed by atoms with Gasteiger partial charge in [-0.1, -0.05) is 18.2 Å². The fourth-order valence-electron chi connectivity index (χ4n) is 1.67. The average Bonchev–Trinajstić information content (AvgIpc) is 2.72. The van der Waals surface area contributed by atoms with Crippen molar-refractivity contribution in [1.82, 2.24) is 9.78 Å². The lowest BCUT2D eigenvalue weighted by Crippen LogP contribution is -2.08. The lowest BCUT2D eigenvalue weighted by molar-refractivity contribution is 0.269. The van der Waals surface area contributed by atoms with E-state index in [1.807, 2.05) is 36.4 Å². The van der Waals surface area contributed by atoms with E-state index in [4.69, 9.17) is 15.6 Å². The highest BCUT2D eigenvalue weighted by Gasteiger charge is 2.04. The van der Waals surface area contributed by atoms with E-state index < -0.39 is 0 Å². The first-order valence-electron chi connectivity index (χ1n) is 5.90. The van der Waals surface area contributed by atoms with Gasteiger partial charge >= 0.3 is 0 Å². The summed E-state index contributed by atoms with van der Waals surface area (Å²) in [6.45, 7) is 1.01. The van der Waals surface area contributed by atoms with Crippen molar-refractivity contribution in [2.75, 3.05) is 18.9 Å². The van der Waals surface area contributed by atoms with Crippen LogP contribution < -0.4 is 10.5 Å². The Labute approximate surface area is 106 Å². The molecule has 1 aromatic heterocycles. The smallest absolute Gasteiger partial charge is 0.122 e. The Bertz CT molecular complexity index is 482. The number of aromatic nitrogens is 2. The number of hydrogen-bond acceptors (Lipinski definition) is 4. The van der Waals surface area contributed by atoms with Crippen molar-refractivity contribution < 1.29 is 9.84 Å². The van der Waals surface area contributed by atoms with Crippen LogP contribution in [0.1, 0.15) is 5.69 Å². The predicted molar refractivity (Wildman–Crippen MR) is 69.4 cm³/mol. The minimum atomic E-state index is 0.0336. The minimum absolute atomic E-state index is 0.0336. The number of para-hydroxylation sites is 1. The fraction of sp³-hybridized carbons (Fsp3) is 0.308. The number of hydrogen-bond donors (Lipinski definition) is 2. The van der Waals surface area contributed by atoms with E-state index in [9.17, 15) is 0 Å². The highest BCUT2D eigenvalue weighted by Crippen LogP contribution is 2.10. The van der Waals surface area contributed by atoms with E-state index in [1.54, 1.807) is 4.68 Å². The fourth-order valence-corrected chi connectivity index (χ4v) is 1.67. The van der Waals surface area contributed by atoms with E-state index in [1.165, 1.54) is 0 Å². The molecule has 96 valence electrons. The van der Waals surface area contributed by atoms with Gasteiger partial charge in [-0.15, -0.1) is 0 Å². The van der Waals surface area contributed by atoms with E-state index >= 15 is 0 Å². The molecular formula is C13H17N3O2. The second-order valence-electron chi connectivity index (χ2n) is 3.92. The van der Waals surface area contributed by atoms with Gasteiger partial charge in [0.25, 0.3) is 0 Å². The molecule has 0 unspecified atom stereocenters. The average molecular weight is 247 g/mol. The number of aliphatic hydroxyl groups excluding tert-OH is 1. The topological polar surface area (TPSA) is 73.3 Å². The molecule has 0 fully saturated rings. The van der Waals surface area contributed by atoms with Gasteiger partial charge in [0.15, 0.2) is 0 Å². The molecule has 0 amide bonds. The molecule has 2 aromatic rings. The minimum Gasteiger partial charge on any atom is -0.493 e. The molecule has 0 aliphatic heterocycles. The summed E-state index contributed by atoms with van der Waals surface area (Å²) in [7, 11) is 0. The number of anilines is 1. The van der Waals surface area contributed by atoms with Gasteiger partial charge in [-0.2, -0.15) is 5.10 Å². The molecule has 3 N–H and O–H groups in total. The van der Waals surface area contributed by atoms with Crippen molar-refractivity contribution >= 4 is 5.82 Å². The molecule has 18 heavy (non-hydrogen) atoms. The van der Waals surface area contributed by atoms with E-state index in [-0.39, 0.29) is 6.61 Å². The maximum absolute atomic E-state index is 8.84. The molecule has 0 aliphatic carbocycles. The highest BCUT2D eigenvalue weighted by atomic mass is 16.5. The number of aliphatic hydroxyl groups is 1. The van der Waals surface area contributed by atoms with Crippen LogP contribution in [-0.4, -0.2) is 28.1 Å². The number of nitrogens with two attached hydrogens (primary N) is 1. The maximum Gasteiger partial charge on any atom is 0.122 e. The summed E-state index contributed by atoms with van der Waals surface area (Å²) >= 11 is 0. The van der Waals surface area contributed by atoms with E-state index in [0.29, 0.717) is 25.4 Å². The monoisotopic (exact) mass is 247 g/mol. The van der Waals surface area contributed by atoms with Gasteiger partial charge in [0.2, 0.25) is 0 Å². The zero-order chi connectivity index (χ0) is 12.8. The van der Waals surface area contributed by atoms with E-state index in [2.05, 4.69) is 5.10 Å². The Hall–Kier alpha value is -2.01. The van der Waals surface area contributed by atoms with Gasteiger partial charge in [0, 0.05) is 12.5 Å². The van der Waals surface area contributed by atoms with Gasteiger partial charge in [-0.3, -0.25) is 0 Å². The first-order valence-corrected chi connectivity index (χ1v) is 5.90. The van der Waals surface area contributed by atoms with Crippen molar-refractivity contribution in [1.29, 1.82) is 0 Å². The normalized spacial score (nSPS) is 10.5. The van der Waals surface area contributed by atoms with Crippen LogP contribution in [0.4, 0.5) is 5.82 Å². The van der Waals surface area contributed by atoms with Crippen molar-refractivity contribution in [3.8, 4) is 5.75 Å². The molecule has 1 heterocycles. The van der Waals surface area contributed by atoms with Crippen LogP contribution in [-0.2, 0) is 13.0 Å². The highest BCUT2D eigenvalue weighted by molar-refractivity contribution is 5.31. The second-order valence-corrected chi connectivity index (χ2v) is 3.92. The molecule has 0 spiro atoms. The zero-order valence-electron chi connectivity index (χ0n) is 10.1. The molecule has 5 nitrogen and oxygen atoms in total. The predicted octanol–water partition coefficient (Wildman–Crippen LogP) is 1.08. The molecular weight excluding hydrogens is 230 g/mol. The molecule has 0 bridgehead atoms. The number of benzene rings is 1. The molecule has 2 rings (SSSR count). The summed E-state index contributed by atoms with van der Waals surface area (Å²) < 4.78 is 7.17. The molecule has 0 aliphatic rings. The second kappa shape index (κ2) is 6.07. The number of ether oxygens (including phenoxy) is 1. The van der Waals surface area contributed by atoms with Crippen LogP contribution in [0.25, 0.3) is 0 Å². The van der Waals surface area contributed by atoms with Gasteiger partial charge in [-0.05, 0) is 12.1 Å². The van der Waals surface area contributed by atoms with Gasteiger partial charge in [0.05, 0.1) is 25.5 Å². The third-order valence-electron chi connectivity index (χ3n) is 2.54. The van der Waals surface area contributed by atoms with Crippen molar-refractivity contribution in [3.63, 3.8) is 0 Å². The SMILES string of the molecule is Nc1cc(CCOc2ccccc2)nn1CCO. The van der Waals surface area contributed by atoms with Crippen molar-refractivity contribution in [2.24, 2.45) is 0 Å². The number of rotatable bonds is 6. The first kappa shape index (κ1) is 12.4. The number of nitrogens with zero attached hydrogens (tertiary/aromatic N) is 2. The molecule has 1 aromatic carbocycles. The summed E-state index contributed by atoms with van der Waals surface area (Å²) in [4.78, 5) is 0. The molecule has 0 atom stereocenters. The Morgan fingerprint density at radius 2 is 2.06 bits per heavy atom. The Morgan fingerprint density at radius 3 is 2.78 bits per heavy atom. The van der Waals surface area contributed by atoms with Crippen LogP contribution in [0.2, 0.25) is 0 Å². The summed E-state index contributed by atoms with van der Waals surface area (Å²) in [6, 6.07) is 11.5. The quantitative estimate of drug-likeness (QED) is 0.801.